The molecule has 86 valence electrons. The molecule has 0 aromatic carbocycles. The Hall–Kier alpha value is -1.59. The average molecular weight is 217 g/mol. The molecule has 0 aliphatic carbocycles. The second-order valence-electron chi connectivity index (χ2n) is 3.79. The van der Waals surface area contributed by atoms with E-state index in [1.54, 1.807) is 13.8 Å². The molecular weight excluding hydrogens is 202 g/mol. The lowest BCUT2D eigenvalue weighted by Gasteiger charge is -2.27. The van der Waals surface area contributed by atoms with Crippen molar-refractivity contribution in [2.45, 2.75) is 32.7 Å². The first-order valence-corrected chi connectivity index (χ1v) is 4.48. The zero-order valence-electron chi connectivity index (χ0n) is 8.90. The van der Waals surface area contributed by atoms with E-state index in [0.717, 1.165) is 6.92 Å². The number of hydrogen-bond donors (Lipinski definition) is 3. The second kappa shape index (κ2) is 4.77. The van der Waals surface area contributed by atoms with Gasteiger partial charge in [-0.15, -0.1) is 0 Å². The van der Waals surface area contributed by atoms with Crippen molar-refractivity contribution in [1.29, 1.82) is 0 Å². The Morgan fingerprint density at radius 1 is 1.20 bits per heavy atom. The highest BCUT2D eigenvalue weighted by Gasteiger charge is 2.47. The van der Waals surface area contributed by atoms with Crippen molar-refractivity contribution in [2.75, 3.05) is 0 Å². The molecule has 0 saturated heterocycles. The van der Waals surface area contributed by atoms with Gasteiger partial charge in [0.2, 0.25) is 11.4 Å². The van der Waals surface area contributed by atoms with Crippen LogP contribution in [-0.4, -0.2) is 33.6 Å². The molecule has 6 nitrogen and oxygen atoms in total. The zero-order valence-corrected chi connectivity index (χ0v) is 8.90. The number of hydrogen-bond acceptors (Lipinski definition) is 3. The summed E-state index contributed by atoms with van der Waals surface area (Å²) in [6.45, 7) is 4.45. The second-order valence-corrected chi connectivity index (χ2v) is 3.79. The quantitative estimate of drug-likeness (QED) is 0.565. The maximum absolute atomic E-state index is 10.9. The standard InChI is InChI=1S/C9H15NO5/c1-5(2)4-9(7(12)13,8(14)15)10-6(3)11/h5H,4H2,1-3H3,(H,10,11)(H,12,13)(H,14,15). The van der Waals surface area contributed by atoms with Gasteiger partial charge in [-0.25, -0.2) is 9.59 Å². The predicted octanol–water partition coefficient (Wildman–Crippen LogP) is 0.0766. The number of rotatable bonds is 5. The molecule has 15 heavy (non-hydrogen) atoms. The number of carboxylic acids is 2. The molecular formula is C9H15NO5. The molecule has 0 aliphatic heterocycles. The summed E-state index contributed by atoms with van der Waals surface area (Å²) in [7, 11) is 0. The monoisotopic (exact) mass is 217 g/mol. The molecule has 0 spiro atoms. The molecule has 1 amide bonds. The topological polar surface area (TPSA) is 104 Å². The van der Waals surface area contributed by atoms with Crippen LogP contribution in [0.4, 0.5) is 0 Å². The van der Waals surface area contributed by atoms with E-state index >= 15 is 0 Å². The Bertz CT molecular complexity index is 270. The molecule has 6 heteroatoms. The number of carbonyl (C=O) groups is 3. The van der Waals surface area contributed by atoms with E-state index in [1.165, 1.54) is 0 Å². The van der Waals surface area contributed by atoms with Crippen LogP contribution in [0.3, 0.4) is 0 Å². The van der Waals surface area contributed by atoms with Crippen molar-refractivity contribution in [1.82, 2.24) is 5.32 Å². The molecule has 0 heterocycles. The normalized spacial score (nSPS) is 11.2. The lowest BCUT2D eigenvalue weighted by atomic mass is 9.89. The van der Waals surface area contributed by atoms with E-state index in [1.807, 2.05) is 5.32 Å². The lowest BCUT2D eigenvalue weighted by molar-refractivity contribution is -0.162. The van der Waals surface area contributed by atoms with E-state index < -0.39 is 23.4 Å². The molecule has 0 aromatic rings. The summed E-state index contributed by atoms with van der Waals surface area (Å²) in [4.78, 5) is 32.7. The SMILES string of the molecule is CC(=O)NC(CC(C)C)(C(=O)O)C(=O)O. The first-order valence-electron chi connectivity index (χ1n) is 4.48. The molecule has 0 bridgehead atoms. The van der Waals surface area contributed by atoms with Gasteiger partial charge >= 0.3 is 11.9 Å². The molecule has 0 aromatic heterocycles. The third kappa shape index (κ3) is 3.23. The van der Waals surface area contributed by atoms with Gasteiger partial charge < -0.3 is 15.5 Å². The van der Waals surface area contributed by atoms with E-state index in [2.05, 4.69) is 0 Å². The van der Waals surface area contributed by atoms with Crippen LogP contribution in [0.1, 0.15) is 27.2 Å². The van der Waals surface area contributed by atoms with Crippen molar-refractivity contribution in [3.8, 4) is 0 Å². The van der Waals surface area contributed by atoms with Crippen LogP contribution in [0.5, 0.6) is 0 Å². The third-order valence-electron chi connectivity index (χ3n) is 1.83. The van der Waals surface area contributed by atoms with Crippen molar-refractivity contribution < 1.29 is 24.6 Å². The Labute approximate surface area is 87.3 Å². The minimum atomic E-state index is -2.22. The maximum Gasteiger partial charge on any atom is 0.341 e. The van der Waals surface area contributed by atoms with E-state index in [0.29, 0.717) is 0 Å². The van der Waals surface area contributed by atoms with E-state index in [-0.39, 0.29) is 12.3 Å². The molecule has 0 atom stereocenters. The number of carboxylic acid groups (broad SMARTS) is 2. The minimum Gasteiger partial charge on any atom is -0.479 e. The van der Waals surface area contributed by atoms with Gasteiger partial charge in [-0.3, -0.25) is 4.79 Å². The fourth-order valence-corrected chi connectivity index (χ4v) is 1.34. The molecule has 0 fully saturated rings. The van der Waals surface area contributed by atoms with Gasteiger partial charge in [-0.05, 0) is 12.3 Å². The Balaban J connectivity index is 5.17. The van der Waals surface area contributed by atoms with Crippen LogP contribution in [0.15, 0.2) is 0 Å². The van der Waals surface area contributed by atoms with Gasteiger partial charge in [0.15, 0.2) is 0 Å². The average Bonchev–Trinajstić information content (AvgIpc) is 1.99. The lowest BCUT2D eigenvalue weighted by Crippen LogP contribution is -2.60. The number of aliphatic carboxylic acids is 2. The zero-order chi connectivity index (χ0) is 12.2. The van der Waals surface area contributed by atoms with Crippen LogP contribution < -0.4 is 5.32 Å². The van der Waals surface area contributed by atoms with E-state index in [9.17, 15) is 14.4 Å². The summed E-state index contributed by atoms with van der Waals surface area (Å²) in [5.74, 6) is -3.96. The van der Waals surface area contributed by atoms with Gasteiger partial charge in [0.25, 0.3) is 0 Å². The van der Waals surface area contributed by atoms with Crippen LogP contribution in [0.2, 0.25) is 0 Å². The number of carbonyl (C=O) groups excluding carboxylic acids is 1. The highest BCUT2D eigenvalue weighted by molar-refractivity contribution is 6.06. The summed E-state index contributed by atoms with van der Waals surface area (Å²) in [6.07, 6.45) is -0.156. The Morgan fingerprint density at radius 2 is 1.60 bits per heavy atom. The van der Waals surface area contributed by atoms with Gasteiger partial charge in [-0.1, -0.05) is 13.8 Å². The largest absolute Gasteiger partial charge is 0.479 e. The van der Waals surface area contributed by atoms with Crippen molar-refractivity contribution >= 4 is 17.8 Å². The maximum atomic E-state index is 10.9. The first-order chi connectivity index (χ1) is 6.72. The first kappa shape index (κ1) is 13.4. The molecule has 0 rings (SSSR count). The smallest absolute Gasteiger partial charge is 0.341 e. The molecule has 0 aliphatic rings. The highest BCUT2D eigenvalue weighted by Crippen LogP contribution is 2.18. The fraction of sp³-hybridized carbons (Fsp3) is 0.667. The minimum absolute atomic E-state index is 0.156. The van der Waals surface area contributed by atoms with E-state index in [4.69, 9.17) is 10.2 Å². The summed E-state index contributed by atoms with van der Waals surface area (Å²) < 4.78 is 0. The fourth-order valence-electron chi connectivity index (χ4n) is 1.34. The number of amides is 1. The summed E-state index contributed by atoms with van der Waals surface area (Å²) in [5.41, 5.74) is -2.22. The predicted molar refractivity (Wildman–Crippen MR) is 51.3 cm³/mol. The van der Waals surface area contributed by atoms with Crippen molar-refractivity contribution in [2.24, 2.45) is 5.92 Å². The number of nitrogens with one attached hydrogen (secondary N) is 1. The summed E-state index contributed by atoms with van der Waals surface area (Å²) in [5, 5.41) is 19.8. The summed E-state index contributed by atoms with van der Waals surface area (Å²) >= 11 is 0. The third-order valence-corrected chi connectivity index (χ3v) is 1.83. The van der Waals surface area contributed by atoms with Crippen molar-refractivity contribution in [3.63, 3.8) is 0 Å². The van der Waals surface area contributed by atoms with Crippen LogP contribution in [0.25, 0.3) is 0 Å². The van der Waals surface area contributed by atoms with Crippen molar-refractivity contribution in [3.05, 3.63) is 0 Å². The van der Waals surface area contributed by atoms with Gasteiger partial charge in [0.05, 0.1) is 0 Å². The molecule has 0 saturated carbocycles. The highest BCUT2D eigenvalue weighted by atomic mass is 16.4. The molecule has 0 radical (unpaired) electrons. The molecule has 3 N–H and O–H groups in total. The van der Waals surface area contributed by atoms with Crippen LogP contribution in [0, 0.1) is 5.92 Å². The molecule has 0 unspecified atom stereocenters. The van der Waals surface area contributed by atoms with Crippen LogP contribution in [-0.2, 0) is 14.4 Å². The van der Waals surface area contributed by atoms with Crippen LogP contribution >= 0.6 is 0 Å². The Morgan fingerprint density at radius 3 is 1.80 bits per heavy atom. The van der Waals surface area contributed by atoms with Gasteiger partial charge in [-0.2, -0.15) is 0 Å². The summed E-state index contributed by atoms with van der Waals surface area (Å²) in [6, 6.07) is 0. The van der Waals surface area contributed by atoms with Gasteiger partial charge in [0, 0.05) is 6.92 Å². The van der Waals surface area contributed by atoms with Gasteiger partial charge in [0.1, 0.15) is 0 Å². The Kier molecular flexibility index (Phi) is 4.26.